The molecule has 1 atom stereocenters. The Kier molecular flexibility index (Phi) is 4.98. The van der Waals surface area contributed by atoms with E-state index in [1.165, 1.54) is 0 Å². The Morgan fingerprint density at radius 3 is 2.39 bits per heavy atom. The highest BCUT2D eigenvalue weighted by atomic mass is 16.2. The van der Waals surface area contributed by atoms with Crippen LogP contribution in [0.25, 0.3) is 11.3 Å². The summed E-state index contributed by atoms with van der Waals surface area (Å²) in [5, 5.41) is 2.89. The number of amides is 2. The van der Waals surface area contributed by atoms with Crippen LogP contribution in [0.2, 0.25) is 0 Å². The maximum Gasteiger partial charge on any atom is 0.271 e. The van der Waals surface area contributed by atoms with Gasteiger partial charge in [-0.1, -0.05) is 60.7 Å². The van der Waals surface area contributed by atoms with Crippen LogP contribution in [0.3, 0.4) is 0 Å². The van der Waals surface area contributed by atoms with Gasteiger partial charge in [-0.3, -0.25) is 9.59 Å². The summed E-state index contributed by atoms with van der Waals surface area (Å²) in [6, 6.07) is 23.1. The van der Waals surface area contributed by atoms with E-state index in [2.05, 4.69) is 5.32 Å². The van der Waals surface area contributed by atoms with Crippen molar-refractivity contribution >= 4 is 11.8 Å². The van der Waals surface area contributed by atoms with E-state index in [1.807, 2.05) is 84.4 Å². The molecule has 0 bridgehead atoms. The minimum Gasteiger partial charge on any atom is -0.353 e. The van der Waals surface area contributed by atoms with Gasteiger partial charge in [-0.25, -0.2) is 0 Å². The van der Waals surface area contributed by atoms with E-state index in [0.29, 0.717) is 25.2 Å². The third-order valence-electron chi connectivity index (χ3n) is 5.27. The summed E-state index contributed by atoms with van der Waals surface area (Å²) in [4.78, 5) is 27.6. The Bertz CT molecular complexity index is 980. The van der Waals surface area contributed by atoms with Gasteiger partial charge in [0.05, 0.1) is 0 Å². The van der Waals surface area contributed by atoms with Gasteiger partial charge in [-0.15, -0.1) is 0 Å². The van der Waals surface area contributed by atoms with Gasteiger partial charge in [0.1, 0.15) is 11.7 Å². The molecule has 1 N–H and O–H groups in total. The number of carbonyl (C=O) groups excluding carboxylic acids is 2. The maximum atomic E-state index is 13.3. The SMILES string of the molecule is Cn1c(C(=O)N2CCNC(=O)C2Cc2ccccc2)ccc1-c1ccccc1. The molecule has 1 aliphatic heterocycles. The molecule has 5 nitrogen and oxygen atoms in total. The lowest BCUT2D eigenvalue weighted by molar-refractivity contribution is -0.127. The number of rotatable bonds is 4. The minimum absolute atomic E-state index is 0.0963. The van der Waals surface area contributed by atoms with E-state index in [-0.39, 0.29) is 11.8 Å². The number of nitrogens with zero attached hydrogens (tertiary/aromatic N) is 2. The van der Waals surface area contributed by atoms with Gasteiger partial charge < -0.3 is 14.8 Å². The first-order valence-corrected chi connectivity index (χ1v) is 9.49. The van der Waals surface area contributed by atoms with Crippen LogP contribution in [0.4, 0.5) is 0 Å². The maximum absolute atomic E-state index is 13.3. The molecule has 28 heavy (non-hydrogen) atoms. The fourth-order valence-corrected chi connectivity index (χ4v) is 3.77. The van der Waals surface area contributed by atoms with Crippen LogP contribution in [0.1, 0.15) is 16.1 Å². The highest BCUT2D eigenvalue weighted by Crippen LogP contribution is 2.23. The van der Waals surface area contributed by atoms with Crippen molar-refractivity contribution in [2.45, 2.75) is 12.5 Å². The first-order valence-electron chi connectivity index (χ1n) is 9.49. The lowest BCUT2D eigenvalue weighted by atomic mass is 10.0. The van der Waals surface area contributed by atoms with Crippen LogP contribution in [0.15, 0.2) is 72.8 Å². The molecule has 0 spiro atoms. The molecule has 1 saturated heterocycles. The van der Waals surface area contributed by atoms with Crippen molar-refractivity contribution < 1.29 is 9.59 Å². The number of piperazine rings is 1. The molecule has 1 unspecified atom stereocenters. The van der Waals surface area contributed by atoms with Gasteiger partial charge in [-0.05, 0) is 23.3 Å². The van der Waals surface area contributed by atoms with E-state index in [4.69, 9.17) is 0 Å². The zero-order chi connectivity index (χ0) is 19.5. The Labute approximate surface area is 164 Å². The first-order chi connectivity index (χ1) is 13.6. The van der Waals surface area contributed by atoms with Crippen LogP contribution >= 0.6 is 0 Å². The molecule has 2 heterocycles. The van der Waals surface area contributed by atoms with Crippen LogP contribution in [0, 0.1) is 0 Å². The fourth-order valence-electron chi connectivity index (χ4n) is 3.77. The van der Waals surface area contributed by atoms with Crippen molar-refractivity contribution in [3.63, 3.8) is 0 Å². The summed E-state index contributed by atoms with van der Waals surface area (Å²) in [6.45, 7) is 0.986. The van der Waals surface area contributed by atoms with Crippen LogP contribution in [-0.4, -0.2) is 40.4 Å². The standard InChI is InChI=1S/C23H23N3O2/c1-25-19(18-10-6-3-7-11-18)12-13-20(25)23(28)26-15-14-24-22(27)21(26)16-17-8-4-2-5-9-17/h2-13,21H,14-16H2,1H3,(H,24,27). The fraction of sp³-hybridized carbons (Fsp3) is 0.217. The lowest BCUT2D eigenvalue weighted by Crippen LogP contribution is -2.58. The summed E-state index contributed by atoms with van der Waals surface area (Å²) in [5.41, 5.74) is 3.66. The van der Waals surface area contributed by atoms with Crippen molar-refractivity contribution in [2.24, 2.45) is 7.05 Å². The Morgan fingerprint density at radius 2 is 1.68 bits per heavy atom. The minimum atomic E-state index is -0.501. The van der Waals surface area contributed by atoms with Crippen LogP contribution in [-0.2, 0) is 18.3 Å². The largest absolute Gasteiger partial charge is 0.353 e. The predicted molar refractivity (Wildman–Crippen MR) is 109 cm³/mol. The highest BCUT2D eigenvalue weighted by molar-refractivity contribution is 5.98. The van der Waals surface area contributed by atoms with Gasteiger partial charge >= 0.3 is 0 Å². The van der Waals surface area contributed by atoms with E-state index >= 15 is 0 Å². The van der Waals surface area contributed by atoms with Gasteiger partial charge in [0.15, 0.2) is 0 Å². The molecule has 2 amide bonds. The number of aromatic nitrogens is 1. The molecular weight excluding hydrogens is 350 g/mol. The number of nitrogens with one attached hydrogen (secondary N) is 1. The molecular formula is C23H23N3O2. The molecule has 5 heteroatoms. The average Bonchev–Trinajstić information content (AvgIpc) is 3.12. The van der Waals surface area contributed by atoms with E-state index in [9.17, 15) is 9.59 Å². The molecule has 4 rings (SSSR count). The number of carbonyl (C=O) groups is 2. The molecule has 1 aromatic heterocycles. The molecule has 0 radical (unpaired) electrons. The number of hydrogen-bond acceptors (Lipinski definition) is 2. The van der Waals surface area contributed by atoms with Crippen molar-refractivity contribution in [3.05, 3.63) is 84.1 Å². The van der Waals surface area contributed by atoms with Crippen molar-refractivity contribution in [1.29, 1.82) is 0 Å². The van der Waals surface area contributed by atoms with Gasteiger partial charge in [0.25, 0.3) is 5.91 Å². The van der Waals surface area contributed by atoms with E-state index < -0.39 is 6.04 Å². The molecule has 2 aromatic carbocycles. The molecule has 1 fully saturated rings. The van der Waals surface area contributed by atoms with Crippen molar-refractivity contribution in [3.8, 4) is 11.3 Å². The predicted octanol–water partition coefficient (Wildman–Crippen LogP) is 2.88. The summed E-state index contributed by atoms with van der Waals surface area (Å²) >= 11 is 0. The third kappa shape index (κ3) is 3.43. The zero-order valence-electron chi connectivity index (χ0n) is 15.8. The molecule has 3 aromatic rings. The second-order valence-electron chi connectivity index (χ2n) is 7.02. The summed E-state index contributed by atoms with van der Waals surface area (Å²) in [7, 11) is 1.89. The van der Waals surface area contributed by atoms with Crippen LogP contribution in [0.5, 0.6) is 0 Å². The van der Waals surface area contributed by atoms with Gasteiger partial charge in [0, 0.05) is 32.3 Å². The normalized spacial score (nSPS) is 16.7. The summed E-state index contributed by atoms with van der Waals surface area (Å²) < 4.78 is 1.91. The molecule has 1 aliphatic rings. The van der Waals surface area contributed by atoms with E-state index in [1.54, 1.807) is 4.90 Å². The quantitative estimate of drug-likeness (QED) is 0.765. The molecule has 142 valence electrons. The molecule has 0 aliphatic carbocycles. The topological polar surface area (TPSA) is 54.3 Å². The number of benzene rings is 2. The van der Waals surface area contributed by atoms with Crippen LogP contribution < -0.4 is 5.32 Å². The second kappa shape index (κ2) is 7.72. The van der Waals surface area contributed by atoms with Gasteiger partial charge in [0.2, 0.25) is 5.91 Å². The lowest BCUT2D eigenvalue weighted by Gasteiger charge is -2.35. The first kappa shape index (κ1) is 18.0. The number of hydrogen-bond donors (Lipinski definition) is 1. The highest BCUT2D eigenvalue weighted by Gasteiger charge is 2.34. The Hall–Kier alpha value is -3.34. The Balaban J connectivity index is 1.62. The Morgan fingerprint density at radius 1 is 1.00 bits per heavy atom. The van der Waals surface area contributed by atoms with Crippen molar-refractivity contribution in [2.75, 3.05) is 13.1 Å². The van der Waals surface area contributed by atoms with E-state index in [0.717, 1.165) is 16.8 Å². The van der Waals surface area contributed by atoms with Crippen molar-refractivity contribution in [1.82, 2.24) is 14.8 Å². The monoisotopic (exact) mass is 373 g/mol. The second-order valence-corrected chi connectivity index (χ2v) is 7.02. The molecule has 0 saturated carbocycles. The average molecular weight is 373 g/mol. The van der Waals surface area contributed by atoms with Gasteiger partial charge in [-0.2, -0.15) is 0 Å². The third-order valence-corrected chi connectivity index (χ3v) is 5.27. The summed E-state index contributed by atoms with van der Waals surface area (Å²) in [5.74, 6) is -0.207. The zero-order valence-corrected chi connectivity index (χ0v) is 15.8. The smallest absolute Gasteiger partial charge is 0.271 e. The summed E-state index contributed by atoms with van der Waals surface area (Å²) in [6.07, 6.45) is 0.508.